The zero-order chi connectivity index (χ0) is 20.5. The van der Waals surface area contributed by atoms with E-state index in [1.54, 1.807) is 43.1 Å². The summed E-state index contributed by atoms with van der Waals surface area (Å²) in [5.74, 6) is 0.741. The number of carbonyl (C=O) groups is 1. The van der Waals surface area contributed by atoms with E-state index in [1.165, 1.54) is 0 Å². The molecule has 30 heavy (non-hydrogen) atoms. The van der Waals surface area contributed by atoms with Crippen molar-refractivity contribution in [3.63, 3.8) is 0 Å². The van der Waals surface area contributed by atoms with Crippen LogP contribution in [0.15, 0.2) is 92.2 Å². The van der Waals surface area contributed by atoms with Crippen LogP contribution in [0, 0.1) is 6.92 Å². The molecule has 0 saturated heterocycles. The van der Waals surface area contributed by atoms with Gasteiger partial charge in [0.15, 0.2) is 5.82 Å². The Labute approximate surface area is 177 Å². The van der Waals surface area contributed by atoms with Crippen molar-refractivity contribution < 1.29 is 9.32 Å². The van der Waals surface area contributed by atoms with Crippen LogP contribution in [0.1, 0.15) is 27.4 Å². The predicted molar refractivity (Wildman–Crippen MR) is 116 cm³/mol. The molecule has 3 heterocycles. The predicted octanol–water partition coefficient (Wildman–Crippen LogP) is 5.26. The van der Waals surface area contributed by atoms with Gasteiger partial charge in [-0.05, 0) is 43.3 Å². The van der Waals surface area contributed by atoms with E-state index in [4.69, 9.17) is 9.52 Å². The van der Waals surface area contributed by atoms with E-state index in [9.17, 15) is 4.79 Å². The number of carbonyl (C=O) groups excluding carboxylic acids is 1. The van der Waals surface area contributed by atoms with Crippen molar-refractivity contribution in [2.24, 2.45) is 4.99 Å². The Balaban J connectivity index is 1.58. The number of aliphatic imine (C=N–C) groups is 1. The van der Waals surface area contributed by atoms with Gasteiger partial charge in [0, 0.05) is 33.2 Å². The summed E-state index contributed by atoms with van der Waals surface area (Å²) >= 11 is 1.63. The molecule has 0 radical (unpaired) electrons. The molecular formula is C23H16N4O2S. The number of hydrogen-bond donors (Lipinski definition) is 1. The number of benzene rings is 2. The summed E-state index contributed by atoms with van der Waals surface area (Å²) in [5.41, 5.74) is 3.79. The van der Waals surface area contributed by atoms with Gasteiger partial charge in [-0.1, -0.05) is 41.2 Å². The van der Waals surface area contributed by atoms with Crippen LogP contribution in [0.4, 0.5) is 11.5 Å². The first kappa shape index (κ1) is 18.3. The summed E-state index contributed by atoms with van der Waals surface area (Å²) in [6, 6.07) is 21.0. The summed E-state index contributed by atoms with van der Waals surface area (Å²) in [4.78, 5) is 24.2. The number of hydrogen-bond acceptors (Lipinski definition) is 6. The number of nitrogens with zero attached hydrogens (tertiary/aromatic N) is 3. The lowest BCUT2D eigenvalue weighted by molar-refractivity contribution is 0.102. The number of aryl methyl sites for hydroxylation is 1. The van der Waals surface area contributed by atoms with E-state index in [0.717, 1.165) is 32.4 Å². The number of pyridine rings is 1. The van der Waals surface area contributed by atoms with Gasteiger partial charge in [0.1, 0.15) is 5.76 Å². The third-order valence-corrected chi connectivity index (χ3v) is 5.73. The number of aromatic nitrogens is 2. The largest absolute Gasteiger partial charge is 0.360 e. The molecule has 7 heteroatoms. The maximum Gasteiger partial charge on any atom is 0.256 e. The Morgan fingerprint density at radius 3 is 2.67 bits per heavy atom. The first-order valence-electron chi connectivity index (χ1n) is 9.33. The average Bonchev–Trinajstić information content (AvgIpc) is 3.10. The van der Waals surface area contributed by atoms with Crippen LogP contribution < -0.4 is 5.32 Å². The standard InChI is InChI=1S/C23H16N4O2S/c1-14-12-21(27-29-14)26-23(28)15-9-10-20-18(13-15)25-22(17-7-4-5-11-24-17)16-6-2-3-8-19(16)30-20/h2-13H,1H3,(H,26,27,28). The van der Waals surface area contributed by atoms with Crippen molar-refractivity contribution >= 4 is 34.9 Å². The van der Waals surface area contributed by atoms with Crippen LogP contribution in [0.25, 0.3) is 0 Å². The number of amides is 1. The van der Waals surface area contributed by atoms with E-state index in [-0.39, 0.29) is 5.91 Å². The maximum absolute atomic E-state index is 12.7. The fourth-order valence-electron chi connectivity index (χ4n) is 3.19. The zero-order valence-electron chi connectivity index (χ0n) is 16.0. The first-order valence-corrected chi connectivity index (χ1v) is 10.1. The molecule has 6 nitrogen and oxygen atoms in total. The highest BCUT2D eigenvalue weighted by Crippen LogP contribution is 2.41. The summed E-state index contributed by atoms with van der Waals surface area (Å²) in [7, 11) is 0. The second-order valence-electron chi connectivity index (χ2n) is 6.73. The van der Waals surface area contributed by atoms with E-state index in [1.807, 2.05) is 42.5 Å². The van der Waals surface area contributed by atoms with Gasteiger partial charge in [0.25, 0.3) is 5.91 Å². The van der Waals surface area contributed by atoms with Crippen LogP contribution in [-0.4, -0.2) is 21.8 Å². The molecule has 1 aliphatic rings. The molecule has 0 atom stereocenters. The molecule has 0 bridgehead atoms. The summed E-state index contributed by atoms with van der Waals surface area (Å²) in [6.07, 6.45) is 1.75. The molecule has 1 amide bonds. The fraction of sp³-hybridized carbons (Fsp3) is 0.0435. The van der Waals surface area contributed by atoms with Crippen LogP contribution in [0.5, 0.6) is 0 Å². The number of nitrogens with one attached hydrogen (secondary N) is 1. The Hall–Kier alpha value is -3.71. The SMILES string of the molecule is Cc1cc(NC(=O)c2ccc3c(c2)N=C(c2ccccn2)c2ccccc2S3)no1. The van der Waals surface area contributed by atoms with E-state index in [0.29, 0.717) is 17.1 Å². The third kappa shape index (κ3) is 3.51. The van der Waals surface area contributed by atoms with Crippen LogP contribution >= 0.6 is 11.8 Å². The molecule has 2 aromatic heterocycles. The van der Waals surface area contributed by atoms with E-state index >= 15 is 0 Å². The lowest BCUT2D eigenvalue weighted by Crippen LogP contribution is -2.12. The van der Waals surface area contributed by atoms with E-state index in [2.05, 4.69) is 21.5 Å². The zero-order valence-corrected chi connectivity index (χ0v) is 16.8. The molecule has 0 unspecified atom stereocenters. The highest BCUT2D eigenvalue weighted by atomic mass is 32.2. The molecule has 4 aromatic rings. The fourth-order valence-corrected chi connectivity index (χ4v) is 4.20. The summed E-state index contributed by atoms with van der Waals surface area (Å²) < 4.78 is 5.01. The second-order valence-corrected chi connectivity index (χ2v) is 7.82. The first-order chi connectivity index (χ1) is 14.7. The number of rotatable bonds is 3. The van der Waals surface area contributed by atoms with Crippen molar-refractivity contribution in [1.29, 1.82) is 0 Å². The van der Waals surface area contributed by atoms with E-state index < -0.39 is 0 Å². The van der Waals surface area contributed by atoms with Gasteiger partial charge in [-0.2, -0.15) is 0 Å². The maximum atomic E-state index is 12.7. The highest BCUT2D eigenvalue weighted by molar-refractivity contribution is 7.99. The van der Waals surface area contributed by atoms with Gasteiger partial charge in [0.2, 0.25) is 0 Å². The van der Waals surface area contributed by atoms with Crippen molar-refractivity contribution in [3.05, 3.63) is 95.5 Å². The minimum absolute atomic E-state index is 0.271. The lowest BCUT2D eigenvalue weighted by atomic mass is 10.1. The molecule has 0 spiro atoms. The lowest BCUT2D eigenvalue weighted by Gasteiger charge is -2.07. The minimum Gasteiger partial charge on any atom is -0.360 e. The molecule has 2 aromatic carbocycles. The van der Waals surface area contributed by atoms with Crippen molar-refractivity contribution in [2.75, 3.05) is 5.32 Å². The molecule has 0 aliphatic carbocycles. The van der Waals surface area contributed by atoms with Crippen molar-refractivity contribution in [3.8, 4) is 0 Å². The molecule has 1 N–H and O–H groups in total. The average molecular weight is 412 g/mol. The Morgan fingerprint density at radius 1 is 1.00 bits per heavy atom. The van der Waals surface area contributed by atoms with Gasteiger partial charge >= 0.3 is 0 Å². The normalized spacial score (nSPS) is 12.4. The van der Waals surface area contributed by atoms with Gasteiger partial charge in [0.05, 0.1) is 17.1 Å². The molecule has 0 saturated carbocycles. The second kappa shape index (κ2) is 7.61. The molecule has 0 fully saturated rings. The Morgan fingerprint density at radius 2 is 1.87 bits per heavy atom. The molecule has 146 valence electrons. The quantitative estimate of drug-likeness (QED) is 0.437. The van der Waals surface area contributed by atoms with Gasteiger partial charge in [-0.3, -0.25) is 9.78 Å². The summed E-state index contributed by atoms with van der Waals surface area (Å²) in [5, 5.41) is 6.57. The van der Waals surface area contributed by atoms with Crippen molar-refractivity contribution in [2.45, 2.75) is 16.7 Å². The van der Waals surface area contributed by atoms with Crippen molar-refractivity contribution in [1.82, 2.24) is 10.1 Å². The highest BCUT2D eigenvalue weighted by Gasteiger charge is 2.20. The topological polar surface area (TPSA) is 80.4 Å². The number of fused-ring (bicyclic) bond motifs is 2. The smallest absolute Gasteiger partial charge is 0.256 e. The minimum atomic E-state index is -0.271. The van der Waals surface area contributed by atoms with Gasteiger partial charge in [-0.25, -0.2) is 4.99 Å². The van der Waals surface area contributed by atoms with Crippen LogP contribution in [-0.2, 0) is 0 Å². The van der Waals surface area contributed by atoms with Gasteiger partial charge < -0.3 is 9.84 Å². The van der Waals surface area contributed by atoms with Crippen LogP contribution in [0.2, 0.25) is 0 Å². The van der Waals surface area contributed by atoms with Gasteiger partial charge in [-0.15, -0.1) is 0 Å². The van der Waals surface area contributed by atoms with Crippen LogP contribution in [0.3, 0.4) is 0 Å². The Bertz CT molecular complexity index is 1280. The molecule has 1 aliphatic heterocycles. The molecule has 5 rings (SSSR count). The monoisotopic (exact) mass is 412 g/mol. The summed E-state index contributed by atoms with van der Waals surface area (Å²) in [6.45, 7) is 1.77. The third-order valence-electron chi connectivity index (χ3n) is 4.59. The molecular weight excluding hydrogens is 396 g/mol. The Kier molecular flexibility index (Phi) is 4.65. The number of anilines is 1.